The minimum atomic E-state index is -2.88. The largest absolute Gasteiger partial charge is 0.434 e. The second-order valence-corrected chi connectivity index (χ2v) is 5.27. The van der Waals surface area contributed by atoms with Crippen LogP contribution >= 0.6 is 24.0 Å². The zero-order valence-corrected chi connectivity index (χ0v) is 17.1. The Morgan fingerprint density at radius 1 is 1.31 bits per heavy atom. The summed E-state index contributed by atoms with van der Waals surface area (Å²) in [7, 11) is 0. The summed E-state index contributed by atoms with van der Waals surface area (Å²) in [6.45, 7) is 3.78. The van der Waals surface area contributed by atoms with Crippen molar-refractivity contribution in [3.8, 4) is 5.75 Å². The summed E-state index contributed by atoms with van der Waals surface area (Å²) in [6, 6.07) is 5.01. The minimum absolute atomic E-state index is 0. The molecular formula is C16H22F2IN5O2. The monoisotopic (exact) mass is 481 g/mol. The van der Waals surface area contributed by atoms with Gasteiger partial charge in [0.05, 0.1) is 13.1 Å². The molecule has 2 aromatic rings. The lowest BCUT2D eigenvalue weighted by Gasteiger charge is -2.12. The van der Waals surface area contributed by atoms with Crippen LogP contribution in [0.1, 0.15) is 29.8 Å². The molecule has 0 fully saturated rings. The molecule has 26 heavy (non-hydrogen) atoms. The highest BCUT2D eigenvalue weighted by Gasteiger charge is 2.10. The fourth-order valence-electron chi connectivity index (χ4n) is 2.12. The molecule has 0 saturated carbocycles. The Morgan fingerprint density at radius 2 is 2.08 bits per heavy atom. The molecule has 2 N–H and O–H groups in total. The third-order valence-electron chi connectivity index (χ3n) is 3.16. The van der Waals surface area contributed by atoms with E-state index in [1.54, 1.807) is 19.1 Å². The van der Waals surface area contributed by atoms with E-state index in [9.17, 15) is 8.78 Å². The molecule has 2 rings (SSSR count). The smallest absolute Gasteiger partial charge is 0.387 e. The average Bonchev–Trinajstić information content (AvgIpc) is 2.97. The fraction of sp³-hybridized carbons (Fsp3) is 0.438. The number of hydrogen-bond acceptors (Lipinski definition) is 5. The first-order valence-electron chi connectivity index (χ1n) is 7.83. The fourth-order valence-corrected chi connectivity index (χ4v) is 2.12. The molecule has 144 valence electrons. The molecule has 10 heteroatoms. The molecule has 0 saturated heterocycles. The standard InChI is InChI=1S/C16H21F2N5O2.HI/c1-4-19-16(21-9-14-22-11(3)23-25-14)20-8-12-7-10(2)5-6-13(12)24-15(17)18;/h5-7,15H,4,8-9H2,1-3H3,(H2,19,20,21);1H. The number of rotatable bonds is 7. The number of aryl methyl sites for hydroxylation is 2. The number of halogens is 3. The number of aliphatic imine (C=N–C) groups is 1. The molecule has 0 bridgehead atoms. The summed E-state index contributed by atoms with van der Waals surface area (Å²) in [6.07, 6.45) is 0. The van der Waals surface area contributed by atoms with Gasteiger partial charge in [-0.3, -0.25) is 0 Å². The predicted octanol–water partition coefficient (Wildman–Crippen LogP) is 3.16. The molecule has 0 aliphatic heterocycles. The van der Waals surface area contributed by atoms with Crippen LogP contribution in [0.2, 0.25) is 0 Å². The van der Waals surface area contributed by atoms with Crippen molar-refractivity contribution in [1.82, 2.24) is 20.8 Å². The van der Waals surface area contributed by atoms with Crippen LogP contribution in [-0.2, 0) is 13.1 Å². The summed E-state index contributed by atoms with van der Waals surface area (Å²) in [5.41, 5.74) is 1.51. The van der Waals surface area contributed by atoms with Gasteiger partial charge in [0.2, 0.25) is 5.89 Å². The van der Waals surface area contributed by atoms with Crippen molar-refractivity contribution in [2.45, 2.75) is 40.5 Å². The van der Waals surface area contributed by atoms with Gasteiger partial charge in [0.15, 0.2) is 11.8 Å². The number of aromatic nitrogens is 2. The molecule has 0 aliphatic carbocycles. The molecule has 1 aromatic heterocycles. The van der Waals surface area contributed by atoms with Gasteiger partial charge in [-0.15, -0.1) is 24.0 Å². The van der Waals surface area contributed by atoms with E-state index in [1.165, 1.54) is 6.07 Å². The highest BCUT2D eigenvalue weighted by atomic mass is 127. The van der Waals surface area contributed by atoms with Crippen LogP contribution in [0.5, 0.6) is 5.75 Å². The van der Waals surface area contributed by atoms with Crippen molar-refractivity contribution < 1.29 is 18.0 Å². The Hall–Kier alpha value is -1.98. The lowest BCUT2D eigenvalue weighted by molar-refractivity contribution is -0.0504. The van der Waals surface area contributed by atoms with E-state index in [2.05, 4.69) is 30.5 Å². The van der Waals surface area contributed by atoms with Crippen LogP contribution in [0.25, 0.3) is 0 Å². The van der Waals surface area contributed by atoms with Gasteiger partial charge in [-0.25, -0.2) is 4.99 Å². The molecule has 0 aliphatic rings. The first-order chi connectivity index (χ1) is 12.0. The Bertz CT molecular complexity index is 724. The van der Waals surface area contributed by atoms with Gasteiger partial charge in [-0.2, -0.15) is 13.8 Å². The lowest BCUT2D eigenvalue weighted by atomic mass is 10.1. The number of nitrogens with zero attached hydrogens (tertiary/aromatic N) is 3. The number of hydrogen-bond donors (Lipinski definition) is 2. The van der Waals surface area contributed by atoms with Gasteiger partial charge in [0.1, 0.15) is 5.75 Å². The Kier molecular flexibility index (Phi) is 9.24. The third-order valence-corrected chi connectivity index (χ3v) is 3.16. The number of ether oxygens (including phenoxy) is 1. The molecule has 0 atom stereocenters. The van der Waals surface area contributed by atoms with Crippen LogP contribution < -0.4 is 15.4 Å². The number of benzene rings is 1. The first-order valence-corrected chi connectivity index (χ1v) is 7.83. The van der Waals surface area contributed by atoms with Crippen molar-refractivity contribution >= 4 is 29.9 Å². The van der Waals surface area contributed by atoms with E-state index >= 15 is 0 Å². The topological polar surface area (TPSA) is 84.6 Å². The highest BCUT2D eigenvalue weighted by molar-refractivity contribution is 14.0. The van der Waals surface area contributed by atoms with Gasteiger partial charge in [-0.05, 0) is 26.8 Å². The van der Waals surface area contributed by atoms with E-state index in [1.807, 2.05) is 13.8 Å². The normalized spacial score (nSPS) is 11.2. The summed E-state index contributed by atoms with van der Waals surface area (Å²) >= 11 is 0. The third kappa shape index (κ3) is 7.10. The van der Waals surface area contributed by atoms with E-state index in [0.717, 1.165) is 5.56 Å². The zero-order valence-electron chi connectivity index (χ0n) is 14.8. The van der Waals surface area contributed by atoms with Crippen molar-refractivity contribution in [3.63, 3.8) is 0 Å². The minimum Gasteiger partial charge on any atom is -0.434 e. The number of alkyl halides is 2. The summed E-state index contributed by atoms with van der Waals surface area (Å²) in [5.74, 6) is 1.60. The average molecular weight is 481 g/mol. The van der Waals surface area contributed by atoms with Gasteiger partial charge in [0.25, 0.3) is 0 Å². The van der Waals surface area contributed by atoms with Crippen LogP contribution in [0, 0.1) is 13.8 Å². The first kappa shape index (κ1) is 22.1. The molecular weight excluding hydrogens is 459 g/mol. The Balaban J connectivity index is 0.00000338. The van der Waals surface area contributed by atoms with E-state index in [0.29, 0.717) is 36.3 Å². The lowest BCUT2D eigenvalue weighted by Crippen LogP contribution is -2.36. The molecule has 7 nitrogen and oxygen atoms in total. The number of nitrogens with one attached hydrogen (secondary N) is 2. The van der Waals surface area contributed by atoms with Crippen molar-refractivity contribution in [1.29, 1.82) is 0 Å². The molecule has 0 amide bonds. The molecule has 1 aromatic carbocycles. The highest BCUT2D eigenvalue weighted by Crippen LogP contribution is 2.22. The maximum atomic E-state index is 12.5. The van der Waals surface area contributed by atoms with Crippen molar-refractivity contribution in [2.24, 2.45) is 4.99 Å². The maximum absolute atomic E-state index is 12.5. The van der Waals surface area contributed by atoms with Crippen LogP contribution in [0.15, 0.2) is 27.7 Å². The van der Waals surface area contributed by atoms with Crippen LogP contribution in [-0.4, -0.2) is 29.3 Å². The number of guanidine groups is 1. The Labute approximate surface area is 167 Å². The van der Waals surface area contributed by atoms with Crippen LogP contribution in [0.3, 0.4) is 0 Å². The molecule has 0 spiro atoms. The van der Waals surface area contributed by atoms with Gasteiger partial charge in [-0.1, -0.05) is 22.9 Å². The van der Waals surface area contributed by atoms with Crippen molar-refractivity contribution in [2.75, 3.05) is 6.54 Å². The summed E-state index contributed by atoms with van der Waals surface area (Å²) in [5, 5.41) is 9.82. The molecule has 0 unspecified atom stereocenters. The summed E-state index contributed by atoms with van der Waals surface area (Å²) < 4.78 is 34.6. The molecule has 0 radical (unpaired) electrons. The van der Waals surface area contributed by atoms with Gasteiger partial charge >= 0.3 is 6.61 Å². The Morgan fingerprint density at radius 3 is 2.69 bits per heavy atom. The van der Waals surface area contributed by atoms with E-state index < -0.39 is 6.61 Å². The van der Waals surface area contributed by atoms with Gasteiger partial charge in [0, 0.05) is 12.1 Å². The quantitative estimate of drug-likeness (QED) is 0.359. The van der Waals surface area contributed by atoms with Crippen molar-refractivity contribution in [3.05, 3.63) is 41.0 Å². The predicted molar refractivity (Wildman–Crippen MR) is 104 cm³/mol. The van der Waals surface area contributed by atoms with E-state index in [4.69, 9.17) is 4.52 Å². The maximum Gasteiger partial charge on any atom is 0.387 e. The van der Waals surface area contributed by atoms with E-state index in [-0.39, 0.29) is 36.3 Å². The van der Waals surface area contributed by atoms with Gasteiger partial charge < -0.3 is 19.9 Å². The second kappa shape index (κ2) is 10.9. The SMILES string of the molecule is CCNC(=NCc1cc(C)ccc1OC(F)F)NCc1nc(C)no1.I. The summed E-state index contributed by atoms with van der Waals surface area (Å²) in [4.78, 5) is 8.49. The second-order valence-electron chi connectivity index (χ2n) is 5.27. The zero-order chi connectivity index (χ0) is 18.2. The van der Waals surface area contributed by atoms with Crippen LogP contribution in [0.4, 0.5) is 8.78 Å². The molecule has 1 heterocycles.